The van der Waals surface area contributed by atoms with Crippen LogP contribution in [0.1, 0.15) is 11.3 Å². The van der Waals surface area contributed by atoms with Gasteiger partial charge in [-0.1, -0.05) is 0 Å². The van der Waals surface area contributed by atoms with Crippen molar-refractivity contribution in [2.75, 3.05) is 0 Å². The molecule has 0 amide bonds. The van der Waals surface area contributed by atoms with Crippen molar-refractivity contribution in [3.63, 3.8) is 0 Å². The lowest BCUT2D eigenvalue weighted by molar-refractivity contribution is -0.392. The number of pyridine rings is 1. The molecule has 1 aromatic heterocycles. The van der Waals surface area contributed by atoms with Crippen LogP contribution in [-0.2, 0) is 12.1 Å². The van der Waals surface area contributed by atoms with Crippen molar-refractivity contribution < 1.29 is 18.1 Å². The summed E-state index contributed by atoms with van der Waals surface area (Å²) in [5.74, 6) is -1.40. The van der Waals surface area contributed by atoms with Crippen molar-refractivity contribution in [1.29, 1.82) is 0 Å². The number of aromatic nitrogens is 1. The zero-order valence-corrected chi connectivity index (χ0v) is 7.84. The van der Waals surface area contributed by atoms with Gasteiger partial charge in [-0.2, -0.15) is 13.2 Å². The summed E-state index contributed by atoms with van der Waals surface area (Å²) < 4.78 is 36.8. The number of alkyl halides is 4. The molecule has 0 aromatic carbocycles. The third-order valence-electron chi connectivity index (χ3n) is 1.55. The third-order valence-corrected chi connectivity index (χ3v) is 1.82. The van der Waals surface area contributed by atoms with Crippen LogP contribution in [0, 0.1) is 10.1 Å². The standard InChI is InChI=1S/C7H4ClF3N2O2/c8-3-4-1-2-5(7(9,10)11)6(12-4)13(14)15/h1-2H,3H2. The van der Waals surface area contributed by atoms with Gasteiger partial charge in [0.2, 0.25) is 0 Å². The minimum absolute atomic E-state index is 0.0244. The van der Waals surface area contributed by atoms with Crippen molar-refractivity contribution in [2.45, 2.75) is 12.1 Å². The summed E-state index contributed by atoms with van der Waals surface area (Å²) in [6.07, 6.45) is -4.79. The van der Waals surface area contributed by atoms with E-state index < -0.39 is 22.5 Å². The highest BCUT2D eigenvalue weighted by Gasteiger charge is 2.39. The molecule has 0 saturated heterocycles. The smallest absolute Gasteiger partial charge is 0.358 e. The van der Waals surface area contributed by atoms with Gasteiger partial charge in [0.15, 0.2) is 11.3 Å². The summed E-state index contributed by atoms with van der Waals surface area (Å²) >= 11 is 5.30. The monoisotopic (exact) mass is 240 g/mol. The molecule has 0 atom stereocenters. The molecule has 0 saturated carbocycles. The molecular weight excluding hydrogens is 237 g/mol. The van der Waals surface area contributed by atoms with E-state index in [1.807, 2.05) is 0 Å². The quantitative estimate of drug-likeness (QED) is 0.454. The van der Waals surface area contributed by atoms with Gasteiger partial charge < -0.3 is 10.1 Å². The highest BCUT2D eigenvalue weighted by Crippen LogP contribution is 2.34. The van der Waals surface area contributed by atoms with E-state index in [9.17, 15) is 23.3 Å². The van der Waals surface area contributed by atoms with E-state index in [1.54, 1.807) is 0 Å². The third kappa shape index (κ3) is 2.56. The summed E-state index contributed by atoms with van der Waals surface area (Å²) in [4.78, 5) is 12.4. The van der Waals surface area contributed by atoms with Crippen molar-refractivity contribution in [2.24, 2.45) is 0 Å². The fourth-order valence-electron chi connectivity index (χ4n) is 0.922. The van der Waals surface area contributed by atoms with Crippen LogP contribution in [0.15, 0.2) is 12.1 Å². The lowest BCUT2D eigenvalue weighted by Gasteiger charge is -2.06. The van der Waals surface area contributed by atoms with E-state index in [-0.39, 0.29) is 11.6 Å². The number of hydrogen-bond donors (Lipinski definition) is 0. The first-order chi connectivity index (χ1) is 6.86. The van der Waals surface area contributed by atoms with Crippen LogP contribution in [0.4, 0.5) is 19.0 Å². The normalized spacial score (nSPS) is 11.5. The highest BCUT2D eigenvalue weighted by atomic mass is 35.5. The van der Waals surface area contributed by atoms with Gasteiger partial charge in [-0.05, 0) is 22.0 Å². The minimum Gasteiger partial charge on any atom is -0.358 e. The number of nitro groups is 1. The highest BCUT2D eigenvalue weighted by molar-refractivity contribution is 6.16. The Hall–Kier alpha value is -1.37. The molecule has 1 rings (SSSR count). The predicted molar refractivity (Wildman–Crippen MR) is 45.5 cm³/mol. The van der Waals surface area contributed by atoms with Crippen molar-refractivity contribution in [3.05, 3.63) is 33.5 Å². The molecule has 15 heavy (non-hydrogen) atoms. The molecule has 8 heteroatoms. The first-order valence-corrected chi connectivity index (χ1v) is 4.17. The molecular formula is C7H4ClF3N2O2. The molecule has 4 nitrogen and oxygen atoms in total. The number of nitrogens with zero attached hydrogens (tertiary/aromatic N) is 2. The van der Waals surface area contributed by atoms with Crippen LogP contribution in [0.2, 0.25) is 0 Å². The lowest BCUT2D eigenvalue weighted by atomic mass is 10.2. The van der Waals surface area contributed by atoms with Crippen LogP contribution in [-0.4, -0.2) is 9.91 Å². The van der Waals surface area contributed by atoms with E-state index in [0.717, 1.165) is 6.07 Å². The van der Waals surface area contributed by atoms with E-state index in [2.05, 4.69) is 4.98 Å². The lowest BCUT2D eigenvalue weighted by Crippen LogP contribution is -2.11. The Morgan fingerprint density at radius 1 is 1.47 bits per heavy atom. The van der Waals surface area contributed by atoms with Crippen LogP contribution in [0.5, 0.6) is 0 Å². The molecule has 0 radical (unpaired) electrons. The summed E-state index contributed by atoms with van der Waals surface area (Å²) in [7, 11) is 0. The molecule has 0 bridgehead atoms. The average molecular weight is 241 g/mol. The van der Waals surface area contributed by atoms with Gasteiger partial charge in [-0.15, -0.1) is 11.6 Å². The van der Waals surface area contributed by atoms with Crippen molar-refractivity contribution >= 4 is 17.4 Å². The molecule has 0 fully saturated rings. The second-order valence-electron chi connectivity index (χ2n) is 2.56. The SMILES string of the molecule is O=[N+]([O-])c1nc(CCl)ccc1C(F)(F)F. The predicted octanol–water partition coefficient (Wildman–Crippen LogP) is 2.75. The van der Waals surface area contributed by atoms with E-state index in [1.165, 1.54) is 0 Å². The molecule has 0 N–H and O–H groups in total. The summed E-state index contributed by atoms with van der Waals surface area (Å²) in [5, 5.41) is 10.3. The van der Waals surface area contributed by atoms with Gasteiger partial charge in [0.05, 0.1) is 5.88 Å². The summed E-state index contributed by atoms with van der Waals surface area (Å²) in [6, 6.07) is 1.60. The zero-order valence-electron chi connectivity index (χ0n) is 7.08. The zero-order chi connectivity index (χ0) is 11.6. The summed E-state index contributed by atoms with van der Waals surface area (Å²) in [6.45, 7) is 0. The maximum atomic E-state index is 12.3. The number of rotatable bonds is 2. The van der Waals surface area contributed by atoms with Gasteiger partial charge in [0.25, 0.3) is 0 Å². The fourth-order valence-corrected chi connectivity index (χ4v) is 1.07. The van der Waals surface area contributed by atoms with E-state index >= 15 is 0 Å². The first-order valence-electron chi connectivity index (χ1n) is 3.63. The second-order valence-corrected chi connectivity index (χ2v) is 2.83. The van der Waals surface area contributed by atoms with Gasteiger partial charge in [0, 0.05) is 0 Å². The molecule has 1 aromatic rings. The molecule has 0 spiro atoms. The van der Waals surface area contributed by atoms with Crippen LogP contribution >= 0.6 is 11.6 Å². The second kappa shape index (κ2) is 4.01. The van der Waals surface area contributed by atoms with Crippen LogP contribution in [0.3, 0.4) is 0 Å². The van der Waals surface area contributed by atoms with Crippen LogP contribution in [0.25, 0.3) is 0 Å². The van der Waals surface area contributed by atoms with Gasteiger partial charge >= 0.3 is 12.0 Å². The van der Waals surface area contributed by atoms with Gasteiger partial charge in [0.1, 0.15) is 0 Å². The molecule has 0 aliphatic heterocycles. The fraction of sp³-hybridized carbons (Fsp3) is 0.286. The molecule has 0 unspecified atom stereocenters. The summed E-state index contributed by atoms with van der Waals surface area (Å²) in [5.41, 5.74) is -1.35. The minimum atomic E-state index is -4.79. The van der Waals surface area contributed by atoms with Gasteiger partial charge in [-0.3, -0.25) is 0 Å². The topological polar surface area (TPSA) is 56.0 Å². The first kappa shape index (κ1) is 11.7. The Morgan fingerprint density at radius 2 is 2.07 bits per heavy atom. The maximum absolute atomic E-state index is 12.3. The van der Waals surface area contributed by atoms with Gasteiger partial charge in [-0.25, -0.2) is 0 Å². The number of halogens is 4. The Bertz CT molecular complexity index is 394. The Balaban J connectivity index is 3.34. The molecule has 0 aliphatic carbocycles. The van der Waals surface area contributed by atoms with E-state index in [4.69, 9.17) is 11.6 Å². The largest absolute Gasteiger partial charge is 0.424 e. The van der Waals surface area contributed by atoms with E-state index in [0.29, 0.717) is 6.07 Å². The Kier molecular flexibility index (Phi) is 3.13. The Morgan fingerprint density at radius 3 is 2.47 bits per heavy atom. The molecule has 0 aliphatic rings. The van der Waals surface area contributed by atoms with Crippen molar-refractivity contribution in [1.82, 2.24) is 4.98 Å². The Labute approximate surface area is 86.8 Å². The average Bonchev–Trinajstić information content (AvgIpc) is 2.15. The molecule has 1 heterocycles. The van der Waals surface area contributed by atoms with Crippen molar-refractivity contribution in [3.8, 4) is 0 Å². The van der Waals surface area contributed by atoms with Crippen LogP contribution < -0.4 is 0 Å². The number of hydrogen-bond acceptors (Lipinski definition) is 3. The maximum Gasteiger partial charge on any atom is 0.424 e. The molecule has 82 valence electrons.